The van der Waals surface area contributed by atoms with Gasteiger partial charge in [0.05, 0.1) is 14.2 Å². The molecule has 22 heavy (non-hydrogen) atoms. The van der Waals surface area contributed by atoms with Gasteiger partial charge in [0.15, 0.2) is 11.5 Å². The molecule has 114 valence electrons. The van der Waals surface area contributed by atoms with Gasteiger partial charge >= 0.3 is 0 Å². The Bertz CT molecular complexity index is 821. The van der Waals surface area contributed by atoms with Crippen LogP contribution < -0.4 is 15.2 Å². The normalized spacial score (nSPS) is 10.9. The summed E-state index contributed by atoms with van der Waals surface area (Å²) in [6.07, 6.45) is 2.06. The van der Waals surface area contributed by atoms with Crippen LogP contribution in [0.5, 0.6) is 11.5 Å². The Hall–Kier alpha value is -2.46. The molecule has 0 atom stereocenters. The van der Waals surface area contributed by atoms with E-state index in [4.69, 9.17) is 15.2 Å². The maximum atomic E-state index is 5.81. The number of ether oxygens (including phenoxy) is 2. The summed E-state index contributed by atoms with van der Waals surface area (Å²) >= 11 is 0. The maximum Gasteiger partial charge on any atom is 0.168 e. The van der Waals surface area contributed by atoms with E-state index in [1.54, 1.807) is 14.2 Å². The van der Waals surface area contributed by atoms with Crippen molar-refractivity contribution in [2.45, 2.75) is 6.54 Å². The largest absolute Gasteiger partial charge is 0.493 e. The van der Waals surface area contributed by atoms with Gasteiger partial charge in [-0.1, -0.05) is 6.07 Å². The summed E-state index contributed by atoms with van der Waals surface area (Å²) in [5.41, 5.74) is 10.1. The average molecular weight is 296 g/mol. The lowest BCUT2D eigenvalue weighted by Gasteiger charge is -2.15. The highest BCUT2D eigenvalue weighted by molar-refractivity contribution is 5.87. The number of aromatic nitrogens is 1. The Balaban J connectivity index is 2.23. The van der Waals surface area contributed by atoms with Crippen LogP contribution in [0.1, 0.15) is 5.56 Å². The monoisotopic (exact) mass is 296 g/mol. The van der Waals surface area contributed by atoms with E-state index < -0.39 is 0 Å². The van der Waals surface area contributed by atoms with Crippen molar-refractivity contribution in [3.05, 3.63) is 48.2 Å². The highest BCUT2D eigenvalue weighted by Crippen LogP contribution is 2.40. The number of nitrogens with two attached hydrogens (primary N) is 1. The van der Waals surface area contributed by atoms with Gasteiger partial charge in [0.1, 0.15) is 0 Å². The Kier molecular flexibility index (Phi) is 3.77. The molecule has 4 nitrogen and oxygen atoms in total. The molecule has 4 heteroatoms. The molecule has 0 saturated carbocycles. The molecule has 1 aromatic heterocycles. The molecule has 0 fully saturated rings. The molecule has 0 spiro atoms. The first-order valence-corrected chi connectivity index (χ1v) is 7.18. The van der Waals surface area contributed by atoms with E-state index in [-0.39, 0.29) is 0 Å². The smallest absolute Gasteiger partial charge is 0.168 e. The van der Waals surface area contributed by atoms with Crippen molar-refractivity contribution in [3.63, 3.8) is 0 Å². The third-order valence-corrected chi connectivity index (χ3v) is 3.97. The Labute approximate surface area is 130 Å². The van der Waals surface area contributed by atoms with Crippen LogP contribution in [-0.2, 0) is 13.6 Å². The lowest BCUT2D eigenvalue weighted by Crippen LogP contribution is -2.00. The van der Waals surface area contributed by atoms with Gasteiger partial charge in [0.25, 0.3) is 0 Å². The second-order valence-corrected chi connectivity index (χ2v) is 5.28. The average Bonchev–Trinajstić information content (AvgIpc) is 2.94. The van der Waals surface area contributed by atoms with E-state index in [1.165, 1.54) is 10.9 Å². The fourth-order valence-corrected chi connectivity index (χ4v) is 2.80. The van der Waals surface area contributed by atoms with Crippen molar-refractivity contribution < 1.29 is 9.47 Å². The summed E-state index contributed by atoms with van der Waals surface area (Å²) in [4.78, 5) is 0. The van der Waals surface area contributed by atoms with Crippen LogP contribution in [0.3, 0.4) is 0 Å². The van der Waals surface area contributed by atoms with Gasteiger partial charge in [-0.2, -0.15) is 0 Å². The first kappa shape index (κ1) is 14.5. The molecule has 3 rings (SSSR count). The molecule has 0 aliphatic carbocycles. The molecular weight excluding hydrogens is 276 g/mol. The van der Waals surface area contributed by atoms with E-state index in [0.717, 1.165) is 22.4 Å². The molecule has 1 heterocycles. The topological polar surface area (TPSA) is 49.4 Å². The van der Waals surface area contributed by atoms with Crippen LogP contribution in [0.15, 0.2) is 42.6 Å². The van der Waals surface area contributed by atoms with E-state index >= 15 is 0 Å². The van der Waals surface area contributed by atoms with Gasteiger partial charge in [-0.3, -0.25) is 0 Å². The van der Waals surface area contributed by atoms with Crippen LogP contribution in [0.4, 0.5) is 0 Å². The molecule has 0 aliphatic heterocycles. The molecule has 2 aromatic carbocycles. The number of benzene rings is 2. The van der Waals surface area contributed by atoms with Crippen LogP contribution in [0, 0.1) is 0 Å². The SMILES string of the molecule is COc1cc(CN)cc(-c2ccc3c(ccn3C)c2)c1OC. The van der Waals surface area contributed by atoms with Gasteiger partial charge < -0.3 is 19.8 Å². The Morgan fingerprint density at radius 3 is 2.55 bits per heavy atom. The van der Waals surface area contributed by atoms with Crippen molar-refractivity contribution in [2.24, 2.45) is 12.8 Å². The number of hydrogen-bond acceptors (Lipinski definition) is 3. The van der Waals surface area contributed by atoms with Gasteiger partial charge in [-0.25, -0.2) is 0 Å². The zero-order valence-corrected chi connectivity index (χ0v) is 13.1. The highest BCUT2D eigenvalue weighted by atomic mass is 16.5. The molecule has 0 unspecified atom stereocenters. The Morgan fingerprint density at radius 2 is 1.86 bits per heavy atom. The van der Waals surface area contributed by atoms with Crippen molar-refractivity contribution in [1.29, 1.82) is 0 Å². The molecule has 0 aliphatic rings. The van der Waals surface area contributed by atoms with Crippen LogP contribution >= 0.6 is 0 Å². The molecule has 2 N–H and O–H groups in total. The fraction of sp³-hybridized carbons (Fsp3) is 0.222. The van der Waals surface area contributed by atoms with Gasteiger partial charge in [-0.15, -0.1) is 0 Å². The minimum absolute atomic E-state index is 0.459. The number of rotatable bonds is 4. The number of hydrogen-bond donors (Lipinski definition) is 1. The van der Waals surface area contributed by atoms with Gasteiger partial charge in [-0.05, 0) is 41.5 Å². The number of aryl methyl sites for hydroxylation is 1. The predicted molar refractivity (Wildman–Crippen MR) is 89.4 cm³/mol. The summed E-state index contributed by atoms with van der Waals surface area (Å²) in [5.74, 6) is 1.43. The molecule has 3 aromatic rings. The minimum Gasteiger partial charge on any atom is -0.493 e. The molecular formula is C18H20N2O2. The number of nitrogens with zero attached hydrogens (tertiary/aromatic N) is 1. The maximum absolute atomic E-state index is 5.81. The van der Waals surface area contributed by atoms with Crippen molar-refractivity contribution in [2.75, 3.05) is 14.2 Å². The first-order chi connectivity index (χ1) is 10.7. The third kappa shape index (κ3) is 2.31. The molecule has 0 saturated heterocycles. The standard InChI is InChI=1S/C18H20N2O2/c1-20-7-6-14-10-13(4-5-16(14)20)15-8-12(11-19)9-17(21-2)18(15)22-3/h4-10H,11,19H2,1-3H3. The lowest BCUT2D eigenvalue weighted by molar-refractivity contribution is 0.355. The highest BCUT2D eigenvalue weighted by Gasteiger charge is 2.14. The van der Waals surface area contributed by atoms with Crippen LogP contribution in [0.25, 0.3) is 22.0 Å². The van der Waals surface area contributed by atoms with Crippen LogP contribution in [-0.4, -0.2) is 18.8 Å². The van der Waals surface area contributed by atoms with Crippen LogP contribution in [0.2, 0.25) is 0 Å². The summed E-state index contributed by atoms with van der Waals surface area (Å²) in [6.45, 7) is 0.459. The Morgan fingerprint density at radius 1 is 1.05 bits per heavy atom. The van der Waals surface area contributed by atoms with Crippen molar-refractivity contribution in [1.82, 2.24) is 4.57 Å². The first-order valence-electron chi connectivity index (χ1n) is 7.18. The second kappa shape index (κ2) is 5.73. The second-order valence-electron chi connectivity index (χ2n) is 5.28. The fourth-order valence-electron chi connectivity index (χ4n) is 2.80. The van der Waals surface area contributed by atoms with Gasteiger partial charge in [0, 0.05) is 36.3 Å². The van der Waals surface area contributed by atoms with E-state index in [2.05, 4.69) is 41.1 Å². The summed E-state index contributed by atoms with van der Waals surface area (Å²) in [6, 6.07) is 12.5. The quantitative estimate of drug-likeness (QED) is 0.803. The van der Waals surface area contributed by atoms with E-state index in [9.17, 15) is 0 Å². The lowest BCUT2D eigenvalue weighted by atomic mass is 10.00. The number of fused-ring (bicyclic) bond motifs is 1. The zero-order chi connectivity index (χ0) is 15.7. The minimum atomic E-state index is 0.459. The summed E-state index contributed by atoms with van der Waals surface area (Å²) in [5, 5.41) is 1.19. The predicted octanol–water partition coefficient (Wildman–Crippen LogP) is 3.32. The van der Waals surface area contributed by atoms with E-state index in [1.807, 2.05) is 13.1 Å². The molecule has 0 radical (unpaired) electrons. The molecule has 0 amide bonds. The zero-order valence-electron chi connectivity index (χ0n) is 13.1. The van der Waals surface area contributed by atoms with E-state index in [0.29, 0.717) is 12.3 Å². The summed E-state index contributed by atoms with van der Waals surface area (Å²) < 4.78 is 13.1. The van der Waals surface area contributed by atoms with Crippen molar-refractivity contribution in [3.8, 4) is 22.6 Å². The van der Waals surface area contributed by atoms with Gasteiger partial charge in [0.2, 0.25) is 0 Å². The summed E-state index contributed by atoms with van der Waals surface area (Å²) in [7, 11) is 5.34. The van der Waals surface area contributed by atoms with Crippen molar-refractivity contribution >= 4 is 10.9 Å². The third-order valence-electron chi connectivity index (χ3n) is 3.97. The molecule has 0 bridgehead atoms. The number of methoxy groups -OCH3 is 2.